The summed E-state index contributed by atoms with van der Waals surface area (Å²) >= 11 is 0. The van der Waals surface area contributed by atoms with Crippen molar-refractivity contribution in [2.24, 2.45) is 0 Å². The molecule has 0 radical (unpaired) electrons. The number of hydrogen-bond acceptors (Lipinski definition) is 2. The van der Waals surface area contributed by atoms with Crippen LogP contribution in [0.25, 0.3) is 0 Å². The number of unbranched alkanes of at least 4 members (excludes halogenated alkanes) is 1. The van der Waals surface area contributed by atoms with E-state index in [4.69, 9.17) is 4.74 Å². The monoisotopic (exact) mass is 344 g/mol. The first-order valence-electron chi connectivity index (χ1n) is 9.16. The van der Waals surface area contributed by atoms with Gasteiger partial charge in [0.2, 0.25) is 0 Å². The van der Waals surface area contributed by atoms with Crippen LogP contribution >= 0.6 is 0 Å². The van der Waals surface area contributed by atoms with Gasteiger partial charge in [-0.15, -0.1) is 0 Å². The summed E-state index contributed by atoms with van der Waals surface area (Å²) in [5.74, 6) is 0.347. The fourth-order valence-corrected chi connectivity index (χ4v) is 3.36. The number of benzene rings is 3. The van der Waals surface area contributed by atoms with E-state index in [0.29, 0.717) is 12.2 Å². The first-order chi connectivity index (χ1) is 12.8. The number of para-hydroxylation sites is 1. The fraction of sp³-hybridized carbons (Fsp3) is 0.208. The van der Waals surface area contributed by atoms with E-state index in [1.165, 1.54) is 0 Å². The molecule has 2 heteroatoms. The zero-order valence-electron chi connectivity index (χ0n) is 15.1. The third kappa shape index (κ3) is 3.70. The molecule has 3 aromatic carbocycles. The van der Waals surface area contributed by atoms with Crippen LogP contribution in [-0.4, -0.2) is 5.97 Å². The Morgan fingerprint density at radius 1 is 0.769 bits per heavy atom. The summed E-state index contributed by atoms with van der Waals surface area (Å²) in [6, 6.07) is 29.3. The van der Waals surface area contributed by atoms with Crippen LogP contribution in [0.1, 0.15) is 37.3 Å². The van der Waals surface area contributed by atoms with E-state index in [-0.39, 0.29) is 5.97 Å². The summed E-state index contributed by atoms with van der Waals surface area (Å²) < 4.78 is 5.85. The van der Waals surface area contributed by atoms with Gasteiger partial charge >= 0.3 is 5.97 Å². The molecule has 0 bridgehead atoms. The molecular formula is C24H24O2. The Kier molecular flexibility index (Phi) is 5.85. The summed E-state index contributed by atoms with van der Waals surface area (Å²) in [5, 5.41) is 0. The fourth-order valence-electron chi connectivity index (χ4n) is 3.36. The predicted octanol–water partition coefficient (Wildman–Crippen LogP) is 5.77. The van der Waals surface area contributed by atoms with Crippen LogP contribution in [0.3, 0.4) is 0 Å². The average Bonchev–Trinajstić information content (AvgIpc) is 2.71. The van der Waals surface area contributed by atoms with Crippen molar-refractivity contribution in [2.45, 2.75) is 31.6 Å². The maximum atomic E-state index is 13.5. The predicted molar refractivity (Wildman–Crippen MR) is 105 cm³/mol. The van der Waals surface area contributed by atoms with E-state index < -0.39 is 5.41 Å². The minimum atomic E-state index is -0.811. The normalized spacial score (nSPS) is 11.1. The van der Waals surface area contributed by atoms with E-state index in [9.17, 15) is 4.79 Å². The van der Waals surface area contributed by atoms with Gasteiger partial charge in [-0.2, -0.15) is 0 Å². The van der Waals surface area contributed by atoms with Gasteiger partial charge in [-0.1, -0.05) is 98.6 Å². The number of hydrogen-bond donors (Lipinski definition) is 0. The summed E-state index contributed by atoms with van der Waals surface area (Å²) in [4.78, 5) is 13.5. The van der Waals surface area contributed by atoms with Crippen LogP contribution in [-0.2, 0) is 10.2 Å². The maximum absolute atomic E-state index is 13.5. The third-order valence-corrected chi connectivity index (χ3v) is 4.74. The zero-order chi connectivity index (χ0) is 18.2. The Morgan fingerprint density at radius 2 is 1.23 bits per heavy atom. The maximum Gasteiger partial charge on any atom is 0.326 e. The summed E-state index contributed by atoms with van der Waals surface area (Å²) in [7, 11) is 0. The Bertz CT molecular complexity index is 771. The molecule has 132 valence electrons. The molecule has 0 aliphatic carbocycles. The molecule has 26 heavy (non-hydrogen) atoms. The Labute approximate surface area is 155 Å². The molecule has 0 spiro atoms. The van der Waals surface area contributed by atoms with Crippen LogP contribution in [0.2, 0.25) is 0 Å². The molecule has 0 saturated heterocycles. The molecule has 0 unspecified atom stereocenters. The smallest absolute Gasteiger partial charge is 0.326 e. The number of esters is 1. The van der Waals surface area contributed by atoms with E-state index in [2.05, 4.69) is 6.92 Å². The van der Waals surface area contributed by atoms with Crippen molar-refractivity contribution in [1.82, 2.24) is 0 Å². The quantitative estimate of drug-likeness (QED) is 0.402. The van der Waals surface area contributed by atoms with Gasteiger partial charge in [-0.25, -0.2) is 0 Å². The Hall–Kier alpha value is -2.87. The molecule has 0 heterocycles. The van der Waals surface area contributed by atoms with Crippen molar-refractivity contribution in [3.05, 3.63) is 102 Å². The van der Waals surface area contributed by atoms with Crippen molar-refractivity contribution in [3.63, 3.8) is 0 Å². The first-order valence-corrected chi connectivity index (χ1v) is 9.16. The molecule has 3 rings (SSSR count). The number of rotatable bonds is 7. The lowest BCUT2D eigenvalue weighted by molar-refractivity contribution is -0.139. The highest BCUT2D eigenvalue weighted by Gasteiger charge is 2.43. The molecule has 0 aromatic heterocycles. The van der Waals surface area contributed by atoms with Gasteiger partial charge in [0.05, 0.1) is 0 Å². The number of carbonyl (C=O) groups is 1. The lowest BCUT2D eigenvalue weighted by Gasteiger charge is -2.32. The van der Waals surface area contributed by atoms with Gasteiger partial charge in [0.1, 0.15) is 11.2 Å². The lowest BCUT2D eigenvalue weighted by Crippen LogP contribution is -2.40. The van der Waals surface area contributed by atoms with Crippen molar-refractivity contribution in [3.8, 4) is 5.75 Å². The van der Waals surface area contributed by atoms with E-state index in [1.807, 2.05) is 91.0 Å². The average molecular weight is 344 g/mol. The van der Waals surface area contributed by atoms with Crippen LogP contribution in [0, 0.1) is 0 Å². The first kappa shape index (κ1) is 17.9. The minimum absolute atomic E-state index is 0.227. The second-order valence-corrected chi connectivity index (χ2v) is 6.44. The van der Waals surface area contributed by atoms with Crippen LogP contribution in [0.15, 0.2) is 91.0 Å². The highest BCUT2D eigenvalue weighted by atomic mass is 16.5. The molecular weight excluding hydrogens is 320 g/mol. The Balaban J connectivity index is 2.11. The molecule has 0 fully saturated rings. The summed E-state index contributed by atoms with van der Waals surface area (Å²) in [6.07, 6.45) is 2.66. The standard InChI is InChI=1S/C24H24O2/c1-2-3-19-24(20-13-7-4-8-14-20,21-15-9-5-10-16-21)23(25)26-22-17-11-6-12-18-22/h4-18H,2-3,19H2,1H3. The minimum Gasteiger partial charge on any atom is -0.426 e. The van der Waals surface area contributed by atoms with Crippen molar-refractivity contribution >= 4 is 5.97 Å². The number of carbonyl (C=O) groups excluding carboxylic acids is 1. The van der Waals surface area contributed by atoms with Gasteiger partial charge in [-0.05, 0) is 29.7 Å². The van der Waals surface area contributed by atoms with E-state index >= 15 is 0 Å². The molecule has 0 aliphatic rings. The van der Waals surface area contributed by atoms with Gasteiger partial charge in [0.25, 0.3) is 0 Å². The molecule has 0 amide bonds. The third-order valence-electron chi connectivity index (χ3n) is 4.74. The lowest BCUT2D eigenvalue weighted by atomic mass is 9.71. The van der Waals surface area contributed by atoms with Crippen LogP contribution < -0.4 is 4.74 Å². The van der Waals surface area contributed by atoms with Crippen molar-refractivity contribution in [2.75, 3.05) is 0 Å². The van der Waals surface area contributed by atoms with E-state index in [0.717, 1.165) is 24.0 Å². The van der Waals surface area contributed by atoms with Gasteiger partial charge < -0.3 is 4.74 Å². The summed E-state index contributed by atoms with van der Waals surface area (Å²) in [5.41, 5.74) is 1.13. The second-order valence-electron chi connectivity index (χ2n) is 6.44. The summed E-state index contributed by atoms with van der Waals surface area (Å²) in [6.45, 7) is 2.14. The molecule has 0 N–H and O–H groups in total. The SMILES string of the molecule is CCCCC(C(=O)Oc1ccccc1)(c1ccccc1)c1ccccc1. The topological polar surface area (TPSA) is 26.3 Å². The van der Waals surface area contributed by atoms with Crippen LogP contribution in [0.5, 0.6) is 5.75 Å². The zero-order valence-corrected chi connectivity index (χ0v) is 15.1. The molecule has 0 saturated carbocycles. The van der Waals surface area contributed by atoms with E-state index in [1.54, 1.807) is 0 Å². The highest BCUT2D eigenvalue weighted by Crippen LogP contribution is 2.39. The molecule has 0 atom stereocenters. The van der Waals surface area contributed by atoms with Gasteiger partial charge in [-0.3, -0.25) is 4.79 Å². The van der Waals surface area contributed by atoms with Crippen LogP contribution in [0.4, 0.5) is 0 Å². The molecule has 0 aliphatic heterocycles. The number of ether oxygens (including phenoxy) is 1. The van der Waals surface area contributed by atoms with Crippen molar-refractivity contribution in [1.29, 1.82) is 0 Å². The second kappa shape index (κ2) is 8.48. The van der Waals surface area contributed by atoms with Crippen molar-refractivity contribution < 1.29 is 9.53 Å². The highest BCUT2D eigenvalue weighted by molar-refractivity contribution is 5.89. The molecule has 3 aromatic rings. The Morgan fingerprint density at radius 3 is 1.69 bits per heavy atom. The largest absolute Gasteiger partial charge is 0.426 e. The van der Waals surface area contributed by atoms with Gasteiger partial charge in [0.15, 0.2) is 0 Å². The van der Waals surface area contributed by atoms with Gasteiger partial charge in [0, 0.05) is 0 Å². The molecule has 2 nitrogen and oxygen atoms in total.